The number of methoxy groups -OCH3 is 1. The second-order valence-corrected chi connectivity index (χ2v) is 6.23. The van der Waals surface area contributed by atoms with E-state index in [1.807, 2.05) is 53.1 Å². The maximum atomic E-state index is 12.8. The monoisotopic (exact) mass is 351 g/mol. The summed E-state index contributed by atoms with van der Waals surface area (Å²) < 4.78 is 7.44. The summed E-state index contributed by atoms with van der Waals surface area (Å²) in [6, 6.07) is 15.7. The van der Waals surface area contributed by atoms with Gasteiger partial charge in [0.05, 0.1) is 24.2 Å². The highest BCUT2D eigenvalue weighted by atomic mass is 16.5. The zero-order chi connectivity index (χ0) is 18.5. The van der Waals surface area contributed by atoms with Gasteiger partial charge in [0.1, 0.15) is 18.1 Å². The zero-order valence-electron chi connectivity index (χ0n) is 15.5. The summed E-state index contributed by atoms with van der Waals surface area (Å²) in [6.07, 6.45) is 1.57. The third-order valence-corrected chi connectivity index (χ3v) is 4.61. The molecular formula is C21H25N3O2. The Morgan fingerprint density at radius 1 is 1.15 bits per heavy atom. The van der Waals surface area contributed by atoms with E-state index in [9.17, 15) is 4.79 Å². The number of imidazole rings is 1. The molecule has 3 aromatic rings. The van der Waals surface area contributed by atoms with E-state index in [1.165, 1.54) is 0 Å². The van der Waals surface area contributed by atoms with Crippen molar-refractivity contribution in [2.45, 2.75) is 39.3 Å². The highest BCUT2D eigenvalue weighted by Gasteiger charge is 2.18. The van der Waals surface area contributed by atoms with E-state index in [0.717, 1.165) is 41.0 Å². The Morgan fingerprint density at radius 2 is 1.88 bits per heavy atom. The number of rotatable bonds is 7. The lowest BCUT2D eigenvalue weighted by Crippen LogP contribution is -2.32. The summed E-state index contributed by atoms with van der Waals surface area (Å²) in [6.45, 7) is 4.37. The molecule has 1 N–H and O–H groups in total. The fourth-order valence-electron chi connectivity index (χ4n) is 3.31. The molecule has 0 saturated heterocycles. The van der Waals surface area contributed by atoms with Crippen molar-refractivity contribution in [3.05, 3.63) is 59.9 Å². The highest BCUT2D eigenvalue weighted by Crippen LogP contribution is 2.27. The molecule has 5 nitrogen and oxygen atoms in total. The summed E-state index contributed by atoms with van der Waals surface area (Å²) in [5, 5.41) is 3.14. The van der Waals surface area contributed by atoms with Gasteiger partial charge in [-0.15, -0.1) is 0 Å². The van der Waals surface area contributed by atoms with E-state index in [-0.39, 0.29) is 18.5 Å². The number of benzene rings is 2. The molecule has 136 valence electrons. The number of hydrogen-bond acceptors (Lipinski definition) is 3. The normalized spacial score (nSPS) is 12.1. The Balaban J connectivity index is 1.82. The molecule has 1 aromatic heterocycles. The summed E-state index contributed by atoms with van der Waals surface area (Å²) in [5.41, 5.74) is 2.91. The van der Waals surface area contributed by atoms with Crippen LogP contribution in [0.5, 0.6) is 5.75 Å². The summed E-state index contributed by atoms with van der Waals surface area (Å²) in [4.78, 5) is 17.4. The number of amides is 1. The van der Waals surface area contributed by atoms with E-state index in [1.54, 1.807) is 7.11 Å². The molecule has 0 bridgehead atoms. The first-order chi connectivity index (χ1) is 12.7. The molecule has 0 radical (unpaired) electrons. The minimum atomic E-state index is -0.0847. The molecule has 0 spiro atoms. The SMILES string of the molecule is CCc1nc2ccccc2n1CC(=O)NC(CC)c1ccccc1OC. The Kier molecular flexibility index (Phi) is 5.56. The second kappa shape index (κ2) is 8.04. The number of fused-ring (bicyclic) bond motifs is 1. The first-order valence-electron chi connectivity index (χ1n) is 9.04. The number of carbonyl (C=O) groups excluding carboxylic acids is 1. The van der Waals surface area contributed by atoms with Crippen molar-refractivity contribution in [2.24, 2.45) is 0 Å². The van der Waals surface area contributed by atoms with Crippen LogP contribution in [0.4, 0.5) is 0 Å². The van der Waals surface area contributed by atoms with Gasteiger partial charge < -0.3 is 14.6 Å². The van der Waals surface area contributed by atoms with Crippen LogP contribution in [0.2, 0.25) is 0 Å². The molecular weight excluding hydrogens is 326 g/mol. The molecule has 0 aliphatic heterocycles. The Labute approximate surface area is 154 Å². The largest absolute Gasteiger partial charge is 0.496 e. The lowest BCUT2D eigenvalue weighted by Gasteiger charge is -2.20. The van der Waals surface area contributed by atoms with Crippen LogP contribution < -0.4 is 10.1 Å². The standard InChI is InChI=1S/C21H25N3O2/c1-4-16(15-10-6-9-13-19(15)26-3)23-21(25)14-24-18-12-8-7-11-17(18)22-20(24)5-2/h6-13,16H,4-5,14H2,1-3H3,(H,23,25). The van der Waals surface area contributed by atoms with E-state index in [4.69, 9.17) is 4.74 Å². The Bertz CT molecular complexity index is 901. The average Bonchev–Trinajstić information content (AvgIpc) is 3.03. The van der Waals surface area contributed by atoms with E-state index < -0.39 is 0 Å². The van der Waals surface area contributed by atoms with Crippen molar-refractivity contribution >= 4 is 16.9 Å². The Hall–Kier alpha value is -2.82. The van der Waals surface area contributed by atoms with Crippen molar-refractivity contribution in [2.75, 3.05) is 7.11 Å². The highest BCUT2D eigenvalue weighted by molar-refractivity contribution is 5.81. The minimum absolute atomic E-state index is 0.0272. The molecule has 2 aromatic carbocycles. The number of carbonyl (C=O) groups is 1. The van der Waals surface area contributed by atoms with E-state index in [0.29, 0.717) is 0 Å². The van der Waals surface area contributed by atoms with Gasteiger partial charge in [0.2, 0.25) is 5.91 Å². The van der Waals surface area contributed by atoms with Crippen LogP contribution in [-0.4, -0.2) is 22.6 Å². The van der Waals surface area contributed by atoms with Crippen LogP contribution in [-0.2, 0) is 17.8 Å². The van der Waals surface area contributed by atoms with Crippen LogP contribution in [0.15, 0.2) is 48.5 Å². The lowest BCUT2D eigenvalue weighted by atomic mass is 10.0. The lowest BCUT2D eigenvalue weighted by molar-refractivity contribution is -0.122. The maximum absolute atomic E-state index is 12.8. The smallest absolute Gasteiger partial charge is 0.240 e. The van der Waals surface area contributed by atoms with Crippen LogP contribution in [0.25, 0.3) is 11.0 Å². The van der Waals surface area contributed by atoms with Crippen LogP contribution in [0, 0.1) is 0 Å². The van der Waals surface area contributed by atoms with Gasteiger partial charge in [0.15, 0.2) is 0 Å². The quantitative estimate of drug-likeness (QED) is 0.703. The number of aryl methyl sites for hydroxylation is 1. The van der Waals surface area contributed by atoms with E-state index >= 15 is 0 Å². The van der Waals surface area contributed by atoms with Gasteiger partial charge in [-0.05, 0) is 24.6 Å². The molecule has 0 saturated carbocycles. The molecule has 1 unspecified atom stereocenters. The van der Waals surface area contributed by atoms with Gasteiger partial charge in [0, 0.05) is 12.0 Å². The number of nitrogens with zero attached hydrogens (tertiary/aromatic N) is 2. The number of aromatic nitrogens is 2. The van der Waals surface area contributed by atoms with Crippen molar-refractivity contribution in [1.29, 1.82) is 0 Å². The van der Waals surface area contributed by atoms with Gasteiger partial charge in [-0.1, -0.05) is 44.2 Å². The third kappa shape index (κ3) is 3.57. The topological polar surface area (TPSA) is 56.2 Å². The van der Waals surface area contributed by atoms with Crippen LogP contribution in [0.1, 0.15) is 37.7 Å². The number of nitrogens with one attached hydrogen (secondary N) is 1. The molecule has 0 aliphatic carbocycles. The minimum Gasteiger partial charge on any atom is -0.496 e. The summed E-state index contributed by atoms with van der Waals surface area (Å²) in [7, 11) is 1.65. The fraction of sp³-hybridized carbons (Fsp3) is 0.333. The molecule has 1 atom stereocenters. The van der Waals surface area contributed by atoms with Crippen molar-refractivity contribution in [3.63, 3.8) is 0 Å². The van der Waals surface area contributed by atoms with E-state index in [2.05, 4.69) is 24.1 Å². The van der Waals surface area contributed by atoms with Gasteiger partial charge in [0.25, 0.3) is 0 Å². The van der Waals surface area contributed by atoms with Gasteiger partial charge in [-0.25, -0.2) is 4.98 Å². The number of para-hydroxylation sites is 3. The van der Waals surface area contributed by atoms with Gasteiger partial charge >= 0.3 is 0 Å². The molecule has 1 amide bonds. The number of ether oxygens (including phenoxy) is 1. The first-order valence-corrected chi connectivity index (χ1v) is 9.04. The second-order valence-electron chi connectivity index (χ2n) is 6.23. The third-order valence-electron chi connectivity index (χ3n) is 4.61. The van der Waals surface area contributed by atoms with Crippen molar-refractivity contribution in [3.8, 4) is 5.75 Å². The Morgan fingerprint density at radius 3 is 2.62 bits per heavy atom. The fourth-order valence-corrected chi connectivity index (χ4v) is 3.31. The first kappa shape index (κ1) is 18.0. The molecule has 0 aliphatic rings. The molecule has 3 rings (SSSR count). The predicted octanol–water partition coefficient (Wildman–Crippen LogP) is 3.87. The molecule has 26 heavy (non-hydrogen) atoms. The molecule has 1 heterocycles. The van der Waals surface area contributed by atoms with Crippen LogP contribution in [0.3, 0.4) is 0 Å². The summed E-state index contributed by atoms with van der Waals surface area (Å²) in [5.74, 6) is 1.69. The molecule has 5 heteroatoms. The van der Waals surface area contributed by atoms with Crippen molar-refractivity contribution < 1.29 is 9.53 Å². The average molecular weight is 351 g/mol. The zero-order valence-corrected chi connectivity index (χ0v) is 15.5. The maximum Gasteiger partial charge on any atom is 0.240 e. The summed E-state index contributed by atoms with van der Waals surface area (Å²) >= 11 is 0. The van der Waals surface area contributed by atoms with Gasteiger partial charge in [-0.2, -0.15) is 0 Å². The van der Waals surface area contributed by atoms with Crippen LogP contribution >= 0.6 is 0 Å². The van der Waals surface area contributed by atoms with Gasteiger partial charge in [-0.3, -0.25) is 4.79 Å². The predicted molar refractivity (Wildman–Crippen MR) is 103 cm³/mol. The molecule has 0 fully saturated rings. The number of hydrogen-bond donors (Lipinski definition) is 1. The van der Waals surface area contributed by atoms with Crippen molar-refractivity contribution in [1.82, 2.24) is 14.9 Å².